The molecule has 0 unspecified atom stereocenters. The minimum absolute atomic E-state index is 1.17. The van der Waals surface area contributed by atoms with Gasteiger partial charge in [-0.15, -0.1) is 0 Å². The molecule has 0 radical (unpaired) electrons. The van der Waals surface area contributed by atoms with Crippen LogP contribution >= 0.6 is 0 Å². The summed E-state index contributed by atoms with van der Waals surface area (Å²) in [6.07, 6.45) is -1.17. The van der Waals surface area contributed by atoms with Crippen LogP contribution in [0.5, 0.6) is 0 Å². The van der Waals surface area contributed by atoms with Gasteiger partial charge in [0.1, 0.15) is 6.30 Å². The maximum atomic E-state index is 10.8. The van der Waals surface area contributed by atoms with Crippen LogP contribution in [0, 0.1) is 0 Å². The first-order valence-electron chi connectivity index (χ1n) is 1.13. The first-order chi connectivity index (χ1) is 1.73. The molecular formula is C2H6FN. The molecule has 0 aliphatic rings. The van der Waals surface area contributed by atoms with Crippen LogP contribution in [0.2, 0.25) is 0 Å². The molecule has 0 aromatic rings. The van der Waals surface area contributed by atoms with Gasteiger partial charge in [-0.1, -0.05) is 0 Å². The Morgan fingerprint density at radius 2 is 2.00 bits per heavy atom. The van der Waals surface area contributed by atoms with E-state index in [0.29, 0.717) is 0 Å². The minimum Gasteiger partial charge on any atom is -0.302 e. The zero-order chi connectivity index (χ0) is 3.58. The molecule has 1 atom stereocenters. The second-order valence-electron chi connectivity index (χ2n) is 0.678. The van der Waals surface area contributed by atoms with Gasteiger partial charge in [-0.2, -0.15) is 0 Å². The van der Waals surface area contributed by atoms with Gasteiger partial charge >= 0.3 is 0 Å². The molecule has 0 aromatic heterocycles. The van der Waals surface area contributed by atoms with E-state index in [9.17, 15) is 4.39 Å². The Hall–Kier alpha value is -0.110. The highest BCUT2D eigenvalue weighted by Gasteiger charge is 1.72. The molecule has 0 saturated heterocycles. The Balaban J connectivity index is 2.32. The maximum Gasteiger partial charge on any atom is 0.145 e. The third-order valence-electron chi connectivity index (χ3n) is 0. The van der Waals surface area contributed by atoms with Crippen molar-refractivity contribution in [3.8, 4) is 0 Å². The van der Waals surface area contributed by atoms with Crippen molar-refractivity contribution in [2.75, 3.05) is 0 Å². The largest absolute Gasteiger partial charge is 0.302 e. The highest BCUT2D eigenvalue weighted by molar-refractivity contribution is 4.18. The summed E-state index contributed by atoms with van der Waals surface area (Å²) in [5.74, 6) is 0. The van der Waals surface area contributed by atoms with Gasteiger partial charge in [0.2, 0.25) is 0 Å². The molecule has 2 heteroatoms. The summed E-state index contributed by atoms with van der Waals surface area (Å²) in [5, 5.41) is 0. The highest BCUT2D eigenvalue weighted by Crippen LogP contribution is 1.65. The van der Waals surface area contributed by atoms with Gasteiger partial charge in [0.05, 0.1) is 0 Å². The Kier molecular flexibility index (Phi) is 1.20. The Morgan fingerprint density at radius 1 is 2.00 bits per heavy atom. The van der Waals surface area contributed by atoms with Crippen LogP contribution in [-0.4, -0.2) is 6.30 Å². The molecule has 0 saturated carbocycles. The van der Waals surface area contributed by atoms with E-state index in [4.69, 9.17) is 0 Å². The van der Waals surface area contributed by atoms with Gasteiger partial charge in [-0.25, -0.2) is 4.39 Å². The van der Waals surface area contributed by atoms with Crippen molar-refractivity contribution in [2.45, 2.75) is 13.2 Å². The van der Waals surface area contributed by atoms with Crippen molar-refractivity contribution in [3.63, 3.8) is 0 Å². The molecule has 0 aromatic carbocycles. The summed E-state index contributed by atoms with van der Waals surface area (Å²) in [6.45, 7) is 1.28. The number of alkyl halides is 1. The predicted molar refractivity (Wildman–Crippen MR) is 14.8 cm³/mol. The minimum atomic E-state index is -1.17. The normalized spacial score (nSPS) is 15.8. The van der Waals surface area contributed by atoms with Crippen molar-refractivity contribution >= 4 is 0 Å². The molecule has 2 N–H and O–H groups in total. The third kappa shape index (κ3) is 124. The van der Waals surface area contributed by atoms with E-state index < -0.39 is 6.30 Å². The molecule has 0 aliphatic heterocycles. The quantitative estimate of drug-likeness (QED) is 0.401. The Labute approximate surface area is 24.6 Å². The first-order valence-corrected chi connectivity index (χ1v) is 1.13. The van der Waals surface area contributed by atoms with Crippen LogP contribution in [-0.2, 0) is 0 Å². The molecule has 0 heterocycles. The van der Waals surface area contributed by atoms with E-state index in [0.717, 1.165) is 0 Å². The summed E-state index contributed by atoms with van der Waals surface area (Å²) < 4.78 is 10.8. The molecular weight excluding hydrogens is 57.0 g/mol. The average Bonchev–Trinajstić information content (AvgIpc) is 0.811. The number of halogens is 1. The zero-order valence-corrected chi connectivity index (χ0v) is 2.53. The van der Waals surface area contributed by atoms with E-state index in [2.05, 4.69) is 5.73 Å². The third-order valence-corrected chi connectivity index (χ3v) is 0. The lowest BCUT2D eigenvalue weighted by Crippen LogP contribution is -2.04. The number of hydrogen-bond acceptors (Lipinski definition) is 1. The fraction of sp³-hybridized carbons (Fsp3) is 1.00. The first kappa shape index (κ1) is 3.89. The van der Waals surface area contributed by atoms with Crippen molar-refractivity contribution < 1.29 is 4.39 Å². The molecule has 0 aliphatic carbocycles. The van der Waals surface area contributed by atoms with Crippen LogP contribution in [0.25, 0.3) is 0 Å². The maximum absolute atomic E-state index is 10.8. The van der Waals surface area contributed by atoms with Gasteiger partial charge in [0, 0.05) is 0 Å². The van der Waals surface area contributed by atoms with Gasteiger partial charge in [0.25, 0.3) is 0 Å². The summed E-state index contributed by atoms with van der Waals surface area (Å²) in [5.41, 5.74) is 4.44. The summed E-state index contributed by atoms with van der Waals surface area (Å²) >= 11 is 0. The number of rotatable bonds is 0. The summed E-state index contributed by atoms with van der Waals surface area (Å²) in [6, 6.07) is 0. The molecule has 4 heavy (non-hydrogen) atoms. The Bertz CT molecular complexity index is 10.8. The lowest BCUT2D eigenvalue weighted by molar-refractivity contribution is 0.374. The lowest BCUT2D eigenvalue weighted by atomic mass is 10.8. The fourth-order valence-electron chi connectivity index (χ4n) is 0. The molecule has 0 amide bonds. The molecule has 1 nitrogen and oxygen atoms in total. The molecule has 0 bridgehead atoms. The van der Waals surface area contributed by atoms with Crippen LogP contribution < -0.4 is 5.73 Å². The van der Waals surface area contributed by atoms with Gasteiger partial charge in [0.15, 0.2) is 0 Å². The number of nitrogens with two attached hydrogens (primary N) is 1. The van der Waals surface area contributed by atoms with Crippen LogP contribution in [0.3, 0.4) is 0 Å². The SMILES string of the molecule is C[C@H](N)F. The summed E-state index contributed by atoms with van der Waals surface area (Å²) in [4.78, 5) is 0. The van der Waals surface area contributed by atoms with E-state index >= 15 is 0 Å². The Morgan fingerprint density at radius 3 is 2.00 bits per heavy atom. The van der Waals surface area contributed by atoms with Gasteiger partial charge in [-0.3, -0.25) is 0 Å². The van der Waals surface area contributed by atoms with E-state index in [1.54, 1.807) is 0 Å². The van der Waals surface area contributed by atoms with Crippen LogP contribution in [0.1, 0.15) is 6.92 Å². The standard InChI is InChI=1S/C2H6FN/c1-2(3)4/h2H,4H2,1H3/t2-/m0/s1. The van der Waals surface area contributed by atoms with E-state index in [1.165, 1.54) is 6.92 Å². The predicted octanol–water partition coefficient (Wildman–Crippen LogP) is 0.261. The zero-order valence-electron chi connectivity index (χ0n) is 2.53. The van der Waals surface area contributed by atoms with E-state index in [1.807, 2.05) is 0 Å². The number of hydrogen-bond donors (Lipinski definition) is 1. The fourth-order valence-corrected chi connectivity index (χ4v) is 0. The molecule has 0 spiro atoms. The second-order valence-corrected chi connectivity index (χ2v) is 0.678. The van der Waals surface area contributed by atoms with Crippen molar-refractivity contribution in [1.82, 2.24) is 0 Å². The second kappa shape index (κ2) is 1.24. The van der Waals surface area contributed by atoms with Gasteiger partial charge in [-0.05, 0) is 6.92 Å². The van der Waals surface area contributed by atoms with Crippen molar-refractivity contribution in [2.24, 2.45) is 5.73 Å². The van der Waals surface area contributed by atoms with E-state index in [-0.39, 0.29) is 0 Å². The summed E-state index contributed by atoms with van der Waals surface area (Å²) in [7, 11) is 0. The lowest BCUT2D eigenvalue weighted by Gasteiger charge is -1.76. The molecule has 0 fully saturated rings. The topological polar surface area (TPSA) is 26.0 Å². The smallest absolute Gasteiger partial charge is 0.145 e. The van der Waals surface area contributed by atoms with Crippen LogP contribution in [0.15, 0.2) is 0 Å². The molecule has 26 valence electrons. The average molecular weight is 63.1 g/mol. The van der Waals surface area contributed by atoms with Gasteiger partial charge < -0.3 is 5.73 Å². The molecule has 0 rings (SSSR count). The van der Waals surface area contributed by atoms with Crippen molar-refractivity contribution in [1.29, 1.82) is 0 Å². The monoisotopic (exact) mass is 63.0 g/mol. The van der Waals surface area contributed by atoms with Crippen LogP contribution in [0.4, 0.5) is 4.39 Å². The highest BCUT2D eigenvalue weighted by atomic mass is 19.1. The van der Waals surface area contributed by atoms with Crippen molar-refractivity contribution in [3.05, 3.63) is 0 Å².